The number of benzene rings is 2. The van der Waals surface area contributed by atoms with E-state index in [1.54, 1.807) is 6.07 Å². The first-order chi connectivity index (χ1) is 11.6. The van der Waals surface area contributed by atoms with E-state index in [-0.39, 0.29) is 5.91 Å². The van der Waals surface area contributed by atoms with Gasteiger partial charge >= 0.3 is 0 Å². The molecule has 3 nitrogen and oxygen atoms in total. The second-order valence-electron chi connectivity index (χ2n) is 6.01. The number of carbonyl (C=O) groups is 1. The van der Waals surface area contributed by atoms with Gasteiger partial charge in [-0.15, -0.1) is 0 Å². The number of rotatable bonds is 3. The normalized spacial score (nSPS) is 17.8. The van der Waals surface area contributed by atoms with E-state index >= 15 is 0 Å². The van der Waals surface area contributed by atoms with Crippen molar-refractivity contribution in [1.82, 2.24) is 10.2 Å². The van der Waals surface area contributed by atoms with E-state index in [1.165, 1.54) is 0 Å². The van der Waals surface area contributed by atoms with Crippen molar-refractivity contribution >= 4 is 29.1 Å². The molecule has 1 heterocycles. The van der Waals surface area contributed by atoms with Crippen molar-refractivity contribution in [3.05, 3.63) is 58.1 Å². The van der Waals surface area contributed by atoms with Crippen LogP contribution in [0.5, 0.6) is 0 Å². The number of halogens is 2. The molecule has 0 aromatic heterocycles. The molecule has 2 aromatic carbocycles. The van der Waals surface area contributed by atoms with E-state index in [0.717, 1.165) is 37.2 Å². The molecule has 0 bridgehead atoms. The van der Waals surface area contributed by atoms with Gasteiger partial charge in [0.05, 0.1) is 0 Å². The lowest BCUT2D eigenvalue weighted by Gasteiger charge is -2.33. The Labute approximate surface area is 152 Å². The molecule has 0 radical (unpaired) electrons. The highest BCUT2D eigenvalue weighted by Crippen LogP contribution is 2.30. The van der Waals surface area contributed by atoms with Crippen LogP contribution in [-0.2, 0) is 0 Å². The summed E-state index contributed by atoms with van der Waals surface area (Å²) in [4.78, 5) is 14.6. The van der Waals surface area contributed by atoms with Gasteiger partial charge in [0.15, 0.2) is 0 Å². The molecule has 2 aromatic rings. The standard InChI is InChI=1S/C19H20Cl2N2O/c1-2-16-12-23(10-9-22-16)19(24)14-5-3-13(4-6-14)17-8-7-15(20)11-18(17)21/h3-8,11,16,22H,2,9-10,12H2,1H3/t16-/m0/s1. The predicted molar refractivity (Wildman–Crippen MR) is 99.9 cm³/mol. The van der Waals surface area contributed by atoms with E-state index < -0.39 is 0 Å². The summed E-state index contributed by atoms with van der Waals surface area (Å²) in [5, 5.41) is 4.64. The van der Waals surface area contributed by atoms with Crippen molar-refractivity contribution < 1.29 is 4.79 Å². The average Bonchev–Trinajstić information content (AvgIpc) is 2.61. The van der Waals surface area contributed by atoms with Crippen LogP contribution < -0.4 is 5.32 Å². The van der Waals surface area contributed by atoms with Crippen LogP contribution in [0.15, 0.2) is 42.5 Å². The first-order valence-corrected chi connectivity index (χ1v) is 8.92. The van der Waals surface area contributed by atoms with Crippen LogP contribution in [0.1, 0.15) is 23.7 Å². The van der Waals surface area contributed by atoms with Gasteiger partial charge in [0, 0.05) is 46.8 Å². The molecule has 1 N–H and O–H groups in total. The number of piperazine rings is 1. The molecule has 1 aliphatic rings. The fourth-order valence-electron chi connectivity index (χ4n) is 2.98. The van der Waals surface area contributed by atoms with Gasteiger partial charge < -0.3 is 10.2 Å². The topological polar surface area (TPSA) is 32.3 Å². The first-order valence-electron chi connectivity index (χ1n) is 8.16. The van der Waals surface area contributed by atoms with Gasteiger partial charge in [-0.2, -0.15) is 0 Å². The maximum Gasteiger partial charge on any atom is 0.253 e. The summed E-state index contributed by atoms with van der Waals surface area (Å²) in [5.74, 6) is 0.0868. The van der Waals surface area contributed by atoms with Crippen molar-refractivity contribution in [3.8, 4) is 11.1 Å². The van der Waals surface area contributed by atoms with Crippen molar-refractivity contribution in [3.63, 3.8) is 0 Å². The van der Waals surface area contributed by atoms with Crippen molar-refractivity contribution in [1.29, 1.82) is 0 Å². The molecule has 1 atom stereocenters. The summed E-state index contributed by atoms with van der Waals surface area (Å²) in [7, 11) is 0. The molecule has 0 saturated carbocycles. The van der Waals surface area contributed by atoms with Crippen LogP contribution >= 0.6 is 23.2 Å². The zero-order chi connectivity index (χ0) is 17.1. The molecule has 0 spiro atoms. The van der Waals surface area contributed by atoms with Crippen LogP contribution in [0.3, 0.4) is 0 Å². The third-order valence-electron chi connectivity index (χ3n) is 4.41. The van der Waals surface area contributed by atoms with Gasteiger partial charge in [-0.3, -0.25) is 4.79 Å². The van der Waals surface area contributed by atoms with E-state index in [4.69, 9.17) is 23.2 Å². The van der Waals surface area contributed by atoms with Gasteiger partial charge in [-0.1, -0.05) is 48.3 Å². The summed E-state index contributed by atoms with van der Waals surface area (Å²) in [6, 6.07) is 13.4. The summed E-state index contributed by atoms with van der Waals surface area (Å²) in [6.45, 7) is 4.50. The van der Waals surface area contributed by atoms with Crippen LogP contribution in [0.25, 0.3) is 11.1 Å². The second kappa shape index (κ2) is 7.56. The molecule has 5 heteroatoms. The Hall–Kier alpha value is -1.55. The number of hydrogen-bond donors (Lipinski definition) is 1. The zero-order valence-electron chi connectivity index (χ0n) is 13.6. The Balaban J connectivity index is 1.77. The summed E-state index contributed by atoms with van der Waals surface area (Å²) >= 11 is 12.2. The lowest BCUT2D eigenvalue weighted by Crippen LogP contribution is -2.52. The Morgan fingerprint density at radius 3 is 2.62 bits per heavy atom. The van der Waals surface area contributed by atoms with Gasteiger partial charge in [0.25, 0.3) is 5.91 Å². The number of carbonyl (C=O) groups excluding carboxylic acids is 1. The van der Waals surface area contributed by atoms with E-state index in [2.05, 4.69) is 12.2 Å². The van der Waals surface area contributed by atoms with E-state index in [9.17, 15) is 4.79 Å². The van der Waals surface area contributed by atoms with Crippen LogP contribution in [0.4, 0.5) is 0 Å². The van der Waals surface area contributed by atoms with Crippen LogP contribution in [0, 0.1) is 0 Å². The highest BCUT2D eigenvalue weighted by atomic mass is 35.5. The maximum absolute atomic E-state index is 12.7. The Bertz CT molecular complexity index is 731. The molecule has 24 heavy (non-hydrogen) atoms. The highest BCUT2D eigenvalue weighted by molar-refractivity contribution is 6.36. The molecular formula is C19H20Cl2N2O. The van der Waals surface area contributed by atoms with Crippen molar-refractivity contribution in [2.24, 2.45) is 0 Å². The zero-order valence-corrected chi connectivity index (χ0v) is 15.1. The third kappa shape index (κ3) is 3.75. The molecular weight excluding hydrogens is 343 g/mol. The Morgan fingerprint density at radius 1 is 1.21 bits per heavy atom. The molecule has 0 unspecified atom stereocenters. The lowest BCUT2D eigenvalue weighted by molar-refractivity contribution is 0.0701. The third-order valence-corrected chi connectivity index (χ3v) is 4.96. The maximum atomic E-state index is 12.7. The predicted octanol–water partition coefficient (Wildman–Crippen LogP) is 4.48. The van der Waals surface area contributed by atoms with Crippen molar-refractivity contribution in [2.75, 3.05) is 19.6 Å². The minimum absolute atomic E-state index is 0.0868. The quantitative estimate of drug-likeness (QED) is 0.872. The smallest absolute Gasteiger partial charge is 0.253 e. The lowest BCUT2D eigenvalue weighted by atomic mass is 10.0. The van der Waals surface area contributed by atoms with Crippen molar-refractivity contribution in [2.45, 2.75) is 19.4 Å². The number of amides is 1. The van der Waals surface area contributed by atoms with Gasteiger partial charge in [0.1, 0.15) is 0 Å². The molecule has 126 valence electrons. The molecule has 1 saturated heterocycles. The molecule has 0 aliphatic carbocycles. The minimum atomic E-state index is 0.0868. The second-order valence-corrected chi connectivity index (χ2v) is 6.86. The monoisotopic (exact) mass is 362 g/mol. The van der Waals surface area contributed by atoms with Crippen LogP contribution in [-0.4, -0.2) is 36.5 Å². The highest BCUT2D eigenvalue weighted by Gasteiger charge is 2.23. The number of hydrogen-bond acceptors (Lipinski definition) is 2. The van der Waals surface area contributed by atoms with Gasteiger partial charge in [-0.25, -0.2) is 0 Å². The summed E-state index contributed by atoms with van der Waals surface area (Å²) in [5.41, 5.74) is 2.59. The summed E-state index contributed by atoms with van der Waals surface area (Å²) < 4.78 is 0. The van der Waals surface area contributed by atoms with Gasteiger partial charge in [-0.05, 0) is 36.2 Å². The Morgan fingerprint density at radius 2 is 1.96 bits per heavy atom. The fraction of sp³-hybridized carbons (Fsp3) is 0.316. The largest absolute Gasteiger partial charge is 0.336 e. The van der Waals surface area contributed by atoms with E-state index in [0.29, 0.717) is 21.7 Å². The first kappa shape index (κ1) is 17.3. The summed E-state index contributed by atoms with van der Waals surface area (Å²) in [6.07, 6.45) is 1.03. The Kier molecular flexibility index (Phi) is 5.44. The molecule has 3 rings (SSSR count). The van der Waals surface area contributed by atoms with E-state index in [1.807, 2.05) is 41.3 Å². The van der Waals surface area contributed by atoms with Gasteiger partial charge in [0.2, 0.25) is 0 Å². The van der Waals surface area contributed by atoms with Crippen LogP contribution in [0.2, 0.25) is 10.0 Å². The fourth-order valence-corrected chi connectivity index (χ4v) is 3.50. The molecule has 1 fully saturated rings. The minimum Gasteiger partial charge on any atom is -0.336 e. The number of nitrogens with zero attached hydrogens (tertiary/aromatic N) is 1. The molecule has 1 aliphatic heterocycles. The number of nitrogens with one attached hydrogen (secondary N) is 1. The SMILES string of the molecule is CC[C@H]1CN(C(=O)c2ccc(-c3ccc(Cl)cc3Cl)cc2)CCN1. The molecule has 1 amide bonds. The average molecular weight is 363 g/mol.